The van der Waals surface area contributed by atoms with Gasteiger partial charge in [-0.15, -0.1) is 0 Å². The Bertz CT molecular complexity index is 671. The second-order valence-corrected chi connectivity index (χ2v) is 5.65. The van der Waals surface area contributed by atoms with Crippen LogP contribution in [0, 0.1) is 6.92 Å². The highest BCUT2D eigenvalue weighted by Gasteiger charge is 2.13. The first-order chi connectivity index (χ1) is 10.0. The molecule has 0 bridgehead atoms. The highest BCUT2D eigenvalue weighted by Crippen LogP contribution is 2.24. The molecule has 0 aliphatic heterocycles. The molecule has 2 rings (SSSR count). The zero-order valence-electron chi connectivity index (χ0n) is 11.9. The number of esters is 1. The first-order valence-electron chi connectivity index (χ1n) is 6.48. The van der Waals surface area contributed by atoms with Gasteiger partial charge in [-0.05, 0) is 42.3 Å². The zero-order chi connectivity index (χ0) is 15.4. The molecule has 4 nitrogen and oxygen atoms in total. The molecule has 2 aromatic carbocycles. The van der Waals surface area contributed by atoms with Gasteiger partial charge in [0.1, 0.15) is 0 Å². The summed E-state index contributed by atoms with van der Waals surface area (Å²) in [5.41, 5.74) is 9.57. The summed E-state index contributed by atoms with van der Waals surface area (Å²) < 4.78 is 5.79. The Balaban J connectivity index is 2.21. The molecule has 5 heteroatoms. The van der Waals surface area contributed by atoms with Crippen molar-refractivity contribution in [2.45, 2.75) is 13.5 Å². The first-order valence-corrected chi connectivity index (χ1v) is 7.27. The molecule has 0 aliphatic carbocycles. The third kappa shape index (κ3) is 3.76. The largest absolute Gasteiger partial charge is 0.465 e. The molecule has 0 saturated carbocycles. The number of aryl methyl sites for hydroxylation is 1. The van der Waals surface area contributed by atoms with Gasteiger partial charge in [-0.25, -0.2) is 4.79 Å². The van der Waals surface area contributed by atoms with Gasteiger partial charge in [0.2, 0.25) is 0 Å². The number of methoxy groups -OCH3 is 1. The number of nitrogen functional groups attached to an aromatic ring is 1. The quantitative estimate of drug-likeness (QED) is 0.652. The molecule has 0 amide bonds. The molecule has 0 spiro atoms. The minimum atomic E-state index is -0.429. The van der Waals surface area contributed by atoms with Crippen molar-refractivity contribution in [2.75, 3.05) is 18.2 Å². The van der Waals surface area contributed by atoms with E-state index in [1.165, 1.54) is 7.11 Å². The van der Waals surface area contributed by atoms with Crippen molar-refractivity contribution in [3.8, 4) is 0 Å². The molecule has 3 N–H and O–H groups in total. The van der Waals surface area contributed by atoms with E-state index in [-0.39, 0.29) is 0 Å². The maximum Gasteiger partial charge on any atom is 0.340 e. The summed E-state index contributed by atoms with van der Waals surface area (Å²) in [4.78, 5) is 11.7. The Morgan fingerprint density at radius 1 is 1.33 bits per heavy atom. The van der Waals surface area contributed by atoms with E-state index in [2.05, 4.69) is 21.2 Å². The van der Waals surface area contributed by atoms with Crippen LogP contribution in [0.2, 0.25) is 0 Å². The molecule has 0 atom stereocenters. The van der Waals surface area contributed by atoms with Gasteiger partial charge in [-0.1, -0.05) is 28.1 Å². The van der Waals surface area contributed by atoms with Crippen LogP contribution in [0.4, 0.5) is 11.4 Å². The molecule has 0 aliphatic rings. The van der Waals surface area contributed by atoms with Gasteiger partial charge < -0.3 is 15.8 Å². The molecule has 0 saturated heterocycles. The topological polar surface area (TPSA) is 64.3 Å². The van der Waals surface area contributed by atoms with Crippen LogP contribution in [0.5, 0.6) is 0 Å². The number of rotatable bonds is 4. The molecule has 0 heterocycles. The molecular formula is C16H17BrN2O2. The summed E-state index contributed by atoms with van der Waals surface area (Å²) in [5.74, 6) is -0.429. The summed E-state index contributed by atoms with van der Waals surface area (Å²) in [6, 6.07) is 11.7. The summed E-state index contributed by atoms with van der Waals surface area (Å²) in [6.45, 7) is 2.52. The Kier molecular flexibility index (Phi) is 4.85. The van der Waals surface area contributed by atoms with Crippen molar-refractivity contribution in [1.82, 2.24) is 0 Å². The normalized spacial score (nSPS) is 10.2. The van der Waals surface area contributed by atoms with Crippen molar-refractivity contribution in [3.05, 3.63) is 57.6 Å². The lowest BCUT2D eigenvalue weighted by Gasteiger charge is -2.12. The molecule has 2 aromatic rings. The van der Waals surface area contributed by atoms with Gasteiger partial charge in [0.15, 0.2) is 0 Å². The number of anilines is 2. The predicted octanol–water partition coefficient (Wildman–Crippen LogP) is 3.74. The average Bonchev–Trinajstić information content (AvgIpc) is 2.47. The molecule has 21 heavy (non-hydrogen) atoms. The maximum atomic E-state index is 11.7. The van der Waals surface area contributed by atoms with Gasteiger partial charge in [0, 0.05) is 22.4 Å². The molecule has 110 valence electrons. The summed E-state index contributed by atoms with van der Waals surface area (Å²) in [6.07, 6.45) is 0. The smallest absolute Gasteiger partial charge is 0.340 e. The SMILES string of the molecule is COC(=O)c1cc(NCc2cccc(Br)c2)cc(C)c1N. The molecule has 0 unspecified atom stereocenters. The molecule has 0 radical (unpaired) electrons. The predicted molar refractivity (Wildman–Crippen MR) is 88.4 cm³/mol. The lowest BCUT2D eigenvalue weighted by molar-refractivity contribution is 0.0602. The average molecular weight is 349 g/mol. The zero-order valence-corrected chi connectivity index (χ0v) is 13.5. The van der Waals surface area contributed by atoms with Gasteiger partial charge in [0.05, 0.1) is 12.7 Å². The maximum absolute atomic E-state index is 11.7. The van der Waals surface area contributed by atoms with E-state index in [4.69, 9.17) is 10.5 Å². The number of carbonyl (C=O) groups excluding carboxylic acids is 1. The Morgan fingerprint density at radius 3 is 2.76 bits per heavy atom. The van der Waals surface area contributed by atoms with Crippen LogP contribution in [0.3, 0.4) is 0 Å². The Labute approximate surface area is 132 Å². The number of hydrogen-bond donors (Lipinski definition) is 2. The second kappa shape index (κ2) is 6.63. The summed E-state index contributed by atoms with van der Waals surface area (Å²) >= 11 is 3.44. The van der Waals surface area contributed by atoms with Crippen molar-refractivity contribution in [2.24, 2.45) is 0 Å². The Morgan fingerprint density at radius 2 is 2.10 bits per heavy atom. The number of nitrogens with one attached hydrogen (secondary N) is 1. The number of halogens is 1. The van der Waals surface area contributed by atoms with Crippen molar-refractivity contribution < 1.29 is 9.53 Å². The van der Waals surface area contributed by atoms with E-state index in [0.717, 1.165) is 21.3 Å². The van der Waals surface area contributed by atoms with Crippen LogP contribution in [-0.4, -0.2) is 13.1 Å². The summed E-state index contributed by atoms with van der Waals surface area (Å²) in [5, 5.41) is 3.29. The van der Waals surface area contributed by atoms with E-state index < -0.39 is 5.97 Å². The van der Waals surface area contributed by atoms with Crippen LogP contribution in [0.15, 0.2) is 40.9 Å². The number of nitrogens with two attached hydrogens (primary N) is 1. The highest BCUT2D eigenvalue weighted by atomic mass is 79.9. The lowest BCUT2D eigenvalue weighted by atomic mass is 10.1. The number of benzene rings is 2. The number of hydrogen-bond acceptors (Lipinski definition) is 4. The van der Waals surface area contributed by atoms with Crippen LogP contribution in [-0.2, 0) is 11.3 Å². The van der Waals surface area contributed by atoms with E-state index >= 15 is 0 Å². The second-order valence-electron chi connectivity index (χ2n) is 4.73. The lowest BCUT2D eigenvalue weighted by Crippen LogP contribution is -2.09. The fraction of sp³-hybridized carbons (Fsp3) is 0.188. The minimum absolute atomic E-state index is 0.384. The number of carbonyl (C=O) groups is 1. The fourth-order valence-electron chi connectivity index (χ4n) is 2.03. The Hall–Kier alpha value is -2.01. The third-order valence-corrected chi connectivity index (χ3v) is 3.67. The minimum Gasteiger partial charge on any atom is -0.465 e. The molecule has 0 fully saturated rings. The van der Waals surface area contributed by atoms with Crippen LogP contribution in [0.1, 0.15) is 21.5 Å². The summed E-state index contributed by atoms with van der Waals surface area (Å²) in [7, 11) is 1.35. The van der Waals surface area contributed by atoms with Gasteiger partial charge in [-0.3, -0.25) is 0 Å². The van der Waals surface area contributed by atoms with Gasteiger partial charge >= 0.3 is 5.97 Å². The van der Waals surface area contributed by atoms with Crippen LogP contribution >= 0.6 is 15.9 Å². The van der Waals surface area contributed by atoms with E-state index in [0.29, 0.717) is 17.8 Å². The standard InChI is InChI=1S/C16H17BrN2O2/c1-10-6-13(8-14(15(10)18)16(20)21-2)19-9-11-4-3-5-12(17)7-11/h3-8,19H,9,18H2,1-2H3. The van der Waals surface area contributed by atoms with E-state index in [1.807, 2.05) is 37.3 Å². The van der Waals surface area contributed by atoms with Crippen molar-refractivity contribution in [3.63, 3.8) is 0 Å². The molecule has 0 aromatic heterocycles. The van der Waals surface area contributed by atoms with Gasteiger partial charge in [0.25, 0.3) is 0 Å². The monoisotopic (exact) mass is 348 g/mol. The van der Waals surface area contributed by atoms with E-state index in [9.17, 15) is 4.79 Å². The van der Waals surface area contributed by atoms with Crippen molar-refractivity contribution >= 4 is 33.3 Å². The van der Waals surface area contributed by atoms with E-state index in [1.54, 1.807) is 6.07 Å². The van der Waals surface area contributed by atoms with Gasteiger partial charge in [-0.2, -0.15) is 0 Å². The van der Waals surface area contributed by atoms with Crippen LogP contribution < -0.4 is 11.1 Å². The first kappa shape index (κ1) is 15.4. The number of ether oxygens (including phenoxy) is 1. The van der Waals surface area contributed by atoms with Crippen molar-refractivity contribution in [1.29, 1.82) is 0 Å². The third-order valence-electron chi connectivity index (χ3n) is 3.18. The molecular weight excluding hydrogens is 332 g/mol. The highest BCUT2D eigenvalue weighted by molar-refractivity contribution is 9.10. The fourth-order valence-corrected chi connectivity index (χ4v) is 2.48. The van der Waals surface area contributed by atoms with Crippen LogP contribution in [0.25, 0.3) is 0 Å².